The molecular weight excluding hydrogens is 354 g/mol. The SMILES string of the molecule is Cc1c(C(=O)NC2CCc3ccccc32)oc2ccc(Br)cc12. The molecule has 23 heavy (non-hydrogen) atoms. The monoisotopic (exact) mass is 369 g/mol. The molecule has 0 bridgehead atoms. The molecule has 116 valence electrons. The molecule has 1 N–H and O–H groups in total. The lowest BCUT2D eigenvalue weighted by atomic mass is 10.1. The third-order valence-corrected chi connectivity index (χ3v) is 5.04. The largest absolute Gasteiger partial charge is 0.451 e. The summed E-state index contributed by atoms with van der Waals surface area (Å²) in [5, 5.41) is 4.09. The zero-order valence-electron chi connectivity index (χ0n) is 12.7. The van der Waals surface area contributed by atoms with Crippen molar-refractivity contribution in [3.8, 4) is 0 Å². The van der Waals surface area contributed by atoms with Crippen LogP contribution in [0.1, 0.15) is 39.7 Å². The summed E-state index contributed by atoms with van der Waals surface area (Å²) in [6.07, 6.45) is 1.95. The summed E-state index contributed by atoms with van der Waals surface area (Å²) in [6, 6.07) is 14.1. The van der Waals surface area contributed by atoms with Crippen molar-refractivity contribution in [3.05, 3.63) is 69.4 Å². The fraction of sp³-hybridized carbons (Fsp3) is 0.211. The molecule has 1 unspecified atom stereocenters. The number of hydrogen-bond donors (Lipinski definition) is 1. The molecular formula is C19H16BrNO2. The molecule has 3 aromatic rings. The van der Waals surface area contributed by atoms with Gasteiger partial charge in [-0.1, -0.05) is 40.2 Å². The van der Waals surface area contributed by atoms with Gasteiger partial charge in [-0.05, 0) is 49.1 Å². The van der Waals surface area contributed by atoms with Crippen molar-refractivity contribution in [2.24, 2.45) is 0 Å². The van der Waals surface area contributed by atoms with Gasteiger partial charge in [-0.25, -0.2) is 0 Å². The van der Waals surface area contributed by atoms with Crippen LogP contribution in [0.25, 0.3) is 11.0 Å². The number of rotatable bonds is 2. The smallest absolute Gasteiger partial charge is 0.287 e. The van der Waals surface area contributed by atoms with Gasteiger partial charge in [0, 0.05) is 15.4 Å². The Morgan fingerprint density at radius 2 is 2.09 bits per heavy atom. The third-order valence-electron chi connectivity index (χ3n) is 4.54. The minimum atomic E-state index is -0.142. The lowest BCUT2D eigenvalue weighted by Gasteiger charge is -2.13. The molecule has 0 radical (unpaired) electrons. The molecule has 1 heterocycles. The van der Waals surface area contributed by atoms with Crippen molar-refractivity contribution >= 4 is 32.8 Å². The molecule has 0 saturated carbocycles. The van der Waals surface area contributed by atoms with E-state index < -0.39 is 0 Å². The molecule has 3 nitrogen and oxygen atoms in total. The summed E-state index contributed by atoms with van der Waals surface area (Å²) in [7, 11) is 0. The maximum atomic E-state index is 12.7. The van der Waals surface area contributed by atoms with Gasteiger partial charge in [0.1, 0.15) is 5.58 Å². The van der Waals surface area contributed by atoms with Crippen LogP contribution in [0.5, 0.6) is 0 Å². The number of fused-ring (bicyclic) bond motifs is 2. The quantitative estimate of drug-likeness (QED) is 0.696. The second kappa shape index (κ2) is 5.53. The molecule has 0 aliphatic heterocycles. The van der Waals surface area contributed by atoms with E-state index in [1.54, 1.807) is 0 Å². The molecule has 0 saturated heterocycles. The number of furan rings is 1. The van der Waals surface area contributed by atoms with Crippen LogP contribution in [-0.2, 0) is 6.42 Å². The van der Waals surface area contributed by atoms with E-state index in [9.17, 15) is 4.79 Å². The first-order valence-corrected chi connectivity index (χ1v) is 8.50. The summed E-state index contributed by atoms with van der Waals surface area (Å²) in [5.74, 6) is 0.263. The Balaban J connectivity index is 1.64. The number of aryl methyl sites for hydroxylation is 2. The highest BCUT2D eigenvalue weighted by Gasteiger charge is 2.26. The first kappa shape index (κ1) is 14.5. The average Bonchev–Trinajstić information content (AvgIpc) is 3.10. The Hall–Kier alpha value is -2.07. The van der Waals surface area contributed by atoms with Crippen molar-refractivity contribution in [2.45, 2.75) is 25.8 Å². The van der Waals surface area contributed by atoms with Crippen molar-refractivity contribution < 1.29 is 9.21 Å². The lowest BCUT2D eigenvalue weighted by molar-refractivity contribution is 0.0910. The first-order valence-electron chi connectivity index (χ1n) is 7.71. The van der Waals surface area contributed by atoms with Gasteiger partial charge in [0.2, 0.25) is 0 Å². The highest BCUT2D eigenvalue weighted by molar-refractivity contribution is 9.10. The van der Waals surface area contributed by atoms with Gasteiger partial charge in [-0.15, -0.1) is 0 Å². The van der Waals surface area contributed by atoms with Crippen LogP contribution >= 0.6 is 15.9 Å². The molecule has 1 atom stereocenters. The summed E-state index contributed by atoms with van der Waals surface area (Å²) < 4.78 is 6.76. The van der Waals surface area contributed by atoms with Gasteiger partial charge >= 0.3 is 0 Å². The van der Waals surface area contributed by atoms with Crippen LogP contribution in [-0.4, -0.2) is 5.91 Å². The van der Waals surface area contributed by atoms with Gasteiger partial charge < -0.3 is 9.73 Å². The summed E-state index contributed by atoms with van der Waals surface area (Å²) >= 11 is 3.46. The molecule has 4 heteroatoms. The van der Waals surface area contributed by atoms with Gasteiger partial charge in [-0.3, -0.25) is 4.79 Å². The second-order valence-corrected chi connectivity index (χ2v) is 6.88. The molecule has 4 rings (SSSR count). The Morgan fingerprint density at radius 3 is 2.96 bits per heavy atom. The van der Waals surface area contributed by atoms with E-state index >= 15 is 0 Å². The number of nitrogens with one attached hydrogen (secondary N) is 1. The minimum absolute atomic E-state index is 0.0676. The Bertz CT molecular complexity index is 913. The second-order valence-electron chi connectivity index (χ2n) is 5.96. The first-order chi connectivity index (χ1) is 11.1. The predicted molar refractivity (Wildman–Crippen MR) is 93.6 cm³/mol. The Labute approximate surface area is 142 Å². The third kappa shape index (κ3) is 2.47. The van der Waals surface area contributed by atoms with Crippen LogP contribution in [0.4, 0.5) is 0 Å². The zero-order valence-corrected chi connectivity index (χ0v) is 14.3. The molecule has 1 aliphatic carbocycles. The topological polar surface area (TPSA) is 42.2 Å². The Morgan fingerprint density at radius 1 is 1.26 bits per heavy atom. The van der Waals surface area contributed by atoms with E-state index in [0.29, 0.717) is 5.76 Å². The fourth-order valence-corrected chi connectivity index (χ4v) is 3.70. The fourth-order valence-electron chi connectivity index (χ4n) is 3.34. The van der Waals surface area contributed by atoms with E-state index in [1.807, 2.05) is 37.3 Å². The predicted octanol–water partition coefficient (Wildman–Crippen LogP) is 4.92. The maximum Gasteiger partial charge on any atom is 0.287 e. The van der Waals surface area contributed by atoms with E-state index in [2.05, 4.69) is 33.4 Å². The molecule has 2 aromatic carbocycles. The number of benzene rings is 2. The van der Waals surface area contributed by atoms with Crippen molar-refractivity contribution in [3.63, 3.8) is 0 Å². The van der Waals surface area contributed by atoms with E-state index in [1.165, 1.54) is 11.1 Å². The number of amides is 1. The normalized spacial score (nSPS) is 16.5. The Kier molecular flexibility index (Phi) is 3.49. The highest BCUT2D eigenvalue weighted by atomic mass is 79.9. The average molecular weight is 370 g/mol. The van der Waals surface area contributed by atoms with Crippen LogP contribution < -0.4 is 5.32 Å². The van der Waals surface area contributed by atoms with Gasteiger partial charge in [0.25, 0.3) is 5.91 Å². The summed E-state index contributed by atoms with van der Waals surface area (Å²) in [4.78, 5) is 12.7. The zero-order chi connectivity index (χ0) is 16.0. The summed E-state index contributed by atoms with van der Waals surface area (Å²) in [6.45, 7) is 1.93. The molecule has 1 aliphatic rings. The summed E-state index contributed by atoms with van der Waals surface area (Å²) in [5.41, 5.74) is 4.16. The minimum Gasteiger partial charge on any atom is -0.451 e. The number of halogens is 1. The molecule has 1 aromatic heterocycles. The van der Waals surface area contributed by atoms with Crippen LogP contribution in [0.3, 0.4) is 0 Å². The van der Waals surface area contributed by atoms with Gasteiger partial charge in [-0.2, -0.15) is 0 Å². The van der Waals surface area contributed by atoms with Crippen molar-refractivity contribution in [1.82, 2.24) is 5.32 Å². The highest BCUT2D eigenvalue weighted by Crippen LogP contribution is 2.32. The number of hydrogen-bond acceptors (Lipinski definition) is 2. The van der Waals surface area contributed by atoms with E-state index in [-0.39, 0.29) is 11.9 Å². The van der Waals surface area contributed by atoms with Gasteiger partial charge in [0.15, 0.2) is 5.76 Å². The molecule has 0 fully saturated rings. The molecule has 0 spiro atoms. The standard InChI is InChI=1S/C19H16BrNO2/c1-11-15-10-13(20)7-9-17(15)23-18(11)19(22)21-16-8-6-12-4-2-3-5-14(12)16/h2-5,7,9-10,16H,6,8H2,1H3,(H,21,22). The van der Waals surface area contributed by atoms with E-state index in [4.69, 9.17) is 4.42 Å². The van der Waals surface area contributed by atoms with Crippen LogP contribution in [0.15, 0.2) is 51.4 Å². The van der Waals surface area contributed by atoms with Crippen LogP contribution in [0.2, 0.25) is 0 Å². The van der Waals surface area contributed by atoms with Crippen LogP contribution in [0, 0.1) is 6.92 Å². The number of carbonyl (C=O) groups is 1. The van der Waals surface area contributed by atoms with Gasteiger partial charge in [0.05, 0.1) is 6.04 Å². The van der Waals surface area contributed by atoms with E-state index in [0.717, 1.165) is 33.8 Å². The van der Waals surface area contributed by atoms with Crippen molar-refractivity contribution in [2.75, 3.05) is 0 Å². The lowest BCUT2D eigenvalue weighted by Crippen LogP contribution is -2.27. The van der Waals surface area contributed by atoms with Crippen molar-refractivity contribution in [1.29, 1.82) is 0 Å². The maximum absolute atomic E-state index is 12.7. The number of carbonyl (C=O) groups excluding carboxylic acids is 1. The molecule has 1 amide bonds.